The molecular weight excluding hydrogens is 444 g/mol. The van der Waals surface area contributed by atoms with Crippen LogP contribution in [0.2, 0.25) is 0 Å². The van der Waals surface area contributed by atoms with Crippen LogP contribution in [-0.2, 0) is 25.2 Å². The normalized spacial score (nSPS) is 30.8. The number of hydrogen-bond acceptors (Lipinski definition) is 4. The molecule has 1 aromatic carbocycles. The minimum atomic E-state index is -3.63. The molecule has 0 atom stereocenters. The molecule has 2 N–H and O–H groups in total. The molecule has 0 radical (unpaired) electrons. The number of sulfone groups is 1. The van der Waals surface area contributed by atoms with E-state index >= 15 is 0 Å². The van der Waals surface area contributed by atoms with E-state index < -0.39 is 21.5 Å². The number of hydrogen-bond donors (Lipinski definition) is 2. The Morgan fingerprint density at radius 3 is 2.21 bits per heavy atom. The van der Waals surface area contributed by atoms with Gasteiger partial charge >= 0.3 is 0 Å². The van der Waals surface area contributed by atoms with Crippen molar-refractivity contribution in [1.82, 2.24) is 10.9 Å². The van der Waals surface area contributed by atoms with Gasteiger partial charge in [-0.25, -0.2) is 8.42 Å². The van der Waals surface area contributed by atoms with Gasteiger partial charge in [0, 0.05) is 4.47 Å². The smallest absolute Gasteiger partial charge is 0.253 e. The molecule has 0 unspecified atom stereocenters. The highest BCUT2D eigenvalue weighted by Crippen LogP contribution is 2.60. The fourth-order valence-corrected chi connectivity index (χ4v) is 7.52. The zero-order valence-electron chi connectivity index (χ0n) is 15.6. The summed E-state index contributed by atoms with van der Waals surface area (Å²) in [5.74, 6) is 0.149. The van der Waals surface area contributed by atoms with Gasteiger partial charge < -0.3 is 0 Å². The van der Waals surface area contributed by atoms with Gasteiger partial charge in [-0.15, -0.1) is 0 Å². The van der Waals surface area contributed by atoms with Crippen LogP contribution >= 0.6 is 15.9 Å². The number of carbonyl (C=O) groups is 2. The van der Waals surface area contributed by atoms with E-state index in [0.29, 0.717) is 23.3 Å². The molecule has 1 aromatic rings. The number of benzene rings is 1. The summed E-state index contributed by atoms with van der Waals surface area (Å²) in [6.07, 6.45) is 6.36. The van der Waals surface area contributed by atoms with Gasteiger partial charge in [0.2, 0.25) is 5.91 Å². The Morgan fingerprint density at radius 2 is 1.64 bits per heavy atom. The van der Waals surface area contributed by atoms with Crippen LogP contribution in [-0.4, -0.2) is 26.0 Å². The molecule has 0 spiro atoms. The number of nitrogens with one attached hydrogen (secondary N) is 2. The first-order valence-corrected chi connectivity index (χ1v) is 12.4. The second kappa shape index (κ2) is 7.44. The van der Waals surface area contributed by atoms with Crippen molar-refractivity contribution in [3.8, 4) is 0 Å². The topological polar surface area (TPSA) is 92.3 Å². The summed E-state index contributed by atoms with van der Waals surface area (Å²) in [7, 11) is -3.63. The molecule has 4 aliphatic carbocycles. The number of rotatable bonds is 5. The van der Waals surface area contributed by atoms with Crippen molar-refractivity contribution < 1.29 is 18.0 Å². The molecule has 2 amide bonds. The van der Waals surface area contributed by atoms with E-state index in [1.807, 2.05) is 6.07 Å². The summed E-state index contributed by atoms with van der Waals surface area (Å²) >= 11 is 3.31. The van der Waals surface area contributed by atoms with Crippen LogP contribution in [0.25, 0.3) is 0 Å². The number of amides is 2. The Bertz CT molecular complexity index is 864. The van der Waals surface area contributed by atoms with Gasteiger partial charge in [-0.1, -0.05) is 28.1 Å². The van der Waals surface area contributed by atoms with Gasteiger partial charge in [-0.05, 0) is 74.0 Å². The summed E-state index contributed by atoms with van der Waals surface area (Å²) in [6.45, 7) is 0. The highest BCUT2D eigenvalue weighted by Gasteiger charge is 2.54. The van der Waals surface area contributed by atoms with Crippen LogP contribution in [0.1, 0.15) is 44.1 Å². The largest absolute Gasteiger partial charge is 0.273 e. The quantitative estimate of drug-likeness (QED) is 0.649. The SMILES string of the molecule is O=C(CS(=O)(=O)Cc1cccc(Br)c1)NNC(=O)C12CC3CC(CC(C3)C1)C2. The van der Waals surface area contributed by atoms with E-state index in [4.69, 9.17) is 0 Å². The lowest BCUT2D eigenvalue weighted by molar-refractivity contribution is -0.148. The van der Waals surface area contributed by atoms with Crippen LogP contribution in [0.5, 0.6) is 0 Å². The average molecular weight is 469 g/mol. The van der Waals surface area contributed by atoms with Crippen LogP contribution in [0.15, 0.2) is 28.7 Å². The van der Waals surface area contributed by atoms with Gasteiger partial charge in [0.25, 0.3) is 5.91 Å². The molecule has 4 saturated carbocycles. The van der Waals surface area contributed by atoms with Crippen molar-refractivity contribution >= 4 is 37.6 Å². The van der Waals surface area contributed by atoms with Crippen LogP contribution in [0, 0.1) is 23.2 Å². The summed E-state index contributed by atoms with van der Waals surface area (Å²) in [5.41, 5.74) is 5.09. The molecule has 4 bridgehead atoms. The molecule has 6 nitrogen and oxygen atoms in total. The van der Waals surface area contributed by atoms with Crippen LogP contribution in [0.3, 0.4) is 0 Å². The van der Waals surface area contributed by atoms with E-state index in [1.54, 1.807) is 18.2 Å². The molecule has 4 fully saturated rings. The average Bonchev–Trinajstić information content (AvgIpc) is 2.57. The van der Waals surface area contributed by atoms with Crippen molar-refractivity contribution in [2.24, 2.45) is 23.2 Å². The summed E-state index contributed by atoms with van der Waals surface area (Å²) in [4.78, 5) is 24.9. The monoisotopic (exact) mass is 468 g/mol. The fourth-order valence-electron chi connectivity index (χ4n) is 5.82. The molecule has 0 heterocycles. The molecule has 0 aliphatic heterocycles. The number of carbonyl (C=O) groups excluding carboxylic acids is 2. The number of hydrazine groups is 1. The lowest BCUT2D eigenvalue weighted by Crippen LogP contribution is -2.57. The third kappa shape index (κ3) is 4.27. The van der Waals surface area contributed by atoms with Crippen LogP contribution in [0.4, 0.5) is 0 Å². The Morgan fingerprint density at radius 1 is 1.04 bits per heavy atom. The minimum absolute atomic E-state index is 0.149. The van der Waals surface area contributed by atoms with E-state index in [9.17, 15) is 18.0 Å². The lowest BCUT2D eigenvalue weighted by atomic mass is 9.49. The predicted octanol–water partition coefficient (Wildman–Crippen LogP) is 2.73. The second-order valence-corrected chi connectivity index (χ2v) is 11.8. The van der Waals surface area contributed by atoms with Crippen molar-refractivity contribution in [3.63, 3.8) is 0 Å². The Balaban J connectivity index is 1.31. The Labute approximate surface area is 173 Å². The fraction of sp³-hybridized carbons (Fsp3) is 0.600. The first kappa shape index (κ1) is 19.9. The Kier molecular flexibility index (Phi) is 5.29. The van der Waals surface area contributed by atoms with Crippen molar-refractivity contribution in [1.29, 1.82) is 0 Å². The highest BCUT2D eigenvalue weighted by molar-refractivity contribution is 9.10. The lowest BCUT2D eigenvalue weighted by Gasteiger charge is -2.55. The van der Waals surface area contributed by atoms with E-state index in [1.165, 1.54) is 19.3 Å². The molecule has 5 rings (SSSR count). The predicted molar refractivity (Wildman–Crippen MR) is 109 cm³/mol. The molecule has 4 aliphatic rings. The number of halogens is 1. The third-order valence-corrected chi connectivity index (χ3v) is 8.43. The molecule has 28 heavy (non-hydrogen) atoms. The second-order valence-electron chi connectivity index (χ2n) is 8.86. The van der Waals surface area contributed by atoms with Gasteiger partial charge in [-0.3, -0.25) is 20.4 Å². The van der Waals surface area contributed by atoms with Gasteiger partial charge in [-0.2, -0.15) is 0 Å². The van der Waals surface area contributed by atoms with E-state index in [2.05, 4.69) is 26.8 Å². The van der Waals surface area contributed by atoms with Crippen molar-refractivity contribution in [2.45, 2.75) is 44.3 Å². The van der Waals surface area contributed by atoms with Crippen LogP contribution < -0.4 is 10.9 Å². The molecular formula is C20H25BrN2O4S. The first-order valence-electron chi connectivity index (χ1n) is 9.77. The van der Waals surface area contributed by atoms with E-state index in [0.717, 1.165) is 23.7 Å². The molecule has 8 heteroatoms. The molecule has 0 aromatic heterocycles. The zero-order valence-corrected chi connectivity index (χ0v) is 18.0. The zero-order chi connectivity index (χ0) is 19.9. The maximum atomic E-state index is 12.8. The van der Waals surface area contributed by atoms with Crippen molar-refractivity contribution in [3.05, 3.63) is 34.3 Å². The van der Waals surface area contributed by atoms with Gasteiger partial charge in [0.15, 0.2) is 9.84 Å². The van der Waals surface area contributed by atoms with Gasteiger partial charge in [0.1, 0.15) is 5.75 Å². The summed E-state index contributed by atoms with van der Waals surface area (Å²) < 4.78 is 25.4. The highest BCUT2D eigenvalue weighted by atomic mass is 79.9. The summed E-state index contributed by atoms with van der Waals surface area (Å²) in [6, 6.07) is 6.98. The van der Waals surface area contributed by atoms with Crippen molar-refractivity contribution in [2.75, 3.05) is 5.75 Å². The maximum absolute atomic E-state index is 12.8. The third-order valence-electron chi connectivity index (χ3n) is 6.46. The standard InChI is InChI=1S/C20H25BrN2O4S/c21-17-3-1-2-13(7-17)11-28(26,27)12-18(24)22-23-19(25)20-8-14-4-15(9-20)6-16(5-14)10-20/h1-3,7,14-16H,4-6,8-12H2,(H,22,24)(H,23,25). The van der Waals surface area contributed by atoms with E-state index in [-0.39, 0.29) is 17.1 Å². The molecule has 0 saturated heterocycles. The minimum Gasteiger partial charge on any atom is -0.273 e. The molecule has 152 valence electrons. The van der Waals surface area contributed by atoms with Gasteiger partial charge in [0.05, 0.1) is 11.2 Å². The Hall–Kier alpha value is -1.41. The maximum Gasteiger partial charge on any atom is 0.253 e. The first-order chi connectivity index (χ1) is 13.2. The summed E-state index contributed by atoms with van der Waals surface area (Å²) in [5, 5.41) is 0.